The van der Waals surface area contributed by atoms with E-state index >= 15 is 0 Å². The lowest BCUT2D eigenvalue weighted by atomic mass is 10.1. The number of aryl methyl sites for hydroxylation is 1. The van der Waals surface area contributed by atoms with Gasteiger partial charge < -0.3 is 15.4 Å². The van der Waals surface area contributed by atoms with Crippen LogP contribution in [0.3, 0.4) is 0 Å². The summed E-state index contributed by atoms with van der Waals surface area (Å²) in [7, 11) is 0. The van der Waals surface area contributed by atoms with Crippen molar-refractivity contribution in [3.63, 3.8) is 0 Å². The SMILES string of the molecule is Cc1ccccc1OCC(=O)NC(C)c1ccc(NC(=O)C2CC2)cc1. The standard InChI is InChI=1S/C21H24N2O3/c1-14-5-3-4-6-19(14)26-13-20(24)22-15(2)16-9-11-18(12-10-16)23-21(25)17-7-8-17/h3-6,9-12,15,17H,7-8,13H2,1-2H3,(H,22,24)(H,23,25). The Labute approximate surface area is 153 Å². The van der Waals surface area contributed by atoms with E-state index in [9.17, 15) is 9.59 Å². The molecule has 0 aromatic heterocycles. The van der Waals surface area contributed by atoms with Crippen LogP contribution in [0.15, 0.2) is 48.5 Å². The maximum Gasteiger partial charge on any atom is 0.258 e. The van der Waals surface area contributed by atoms with Crippen LogP contribution in [-0.4, -0.2) is 18.4 Å². The third-order valence-electron chi connectivity index (χ3n) is 4.46. The van der Waals surface area contributed by atoms with Crippen LogP contribution in [0.2, 0.25) is 0 Å². The van der Waals surface area contributed by atoms with Gasteiger partial charge in [0.15, 0.2) is 6.61 Å². The Morgan fingerprint density at radius 2 is 1.81 bits per heavy atom. The molecule has 0 spiro atoms. The summed E-state index contributed by atoms with van der Waals surface area (Å²) in [5.74, 6) is 0.812. The lowest BCUT2D eigenvalue weighted by molar-refractivity contribution is -0.123. The predicted octanol–water partition coefficient (Wildman–Crippen LogP) is 3.60. The number of rotatable bonds is 7. The van der Waals surface area contributed by atoms with Crippen molar-refractivity contribution in [2.24, 2.45) is 5.92 Å². The maximum absolute atomic E-state index is 12.1. The van der Waals surface area contributed by atoms with E-state index in [0.717, 1.165) is 29.7 Å². The number of carbonyl (C=O) groups excluding carboxylic acids is 2. The third kappa shape index (κ3) is 4.85. The van der Waals surface area contributed by atoms with Gasteiger partial charge in [-0.1, -0.05) is 30.3 Å². The maximum atomic E-state index is 12.1. The zero-order valence-electron chi connectivity index (χ0n) is 15.1. The Morgan fingerprint density at radius 3 is 2.46 bits per heavy atom. The first-order valence-electron chi connectivity index (χ1n) is 8.91. The number of nitrogens with one attached hydrogen (secondary N) is 2. The first kappa shape index (κ1) is 18.0. The Hall–Kier alpha value is -2.82. The van der Waals surface area contributed by atoms with Crippen LogP contribution in [0.5, 0.6) is 5.75 Å². The van der Waals surface area contributed by atoms with Crippen molar-refractivity contribution < 1.29 is 14.3 Å². The van der Waals surface area contributed by atoms with Gasteiger partial charge in [-0.25, -0.2) is 0 Å². The van der Waals surface area contributed by atoms with Gasteiger partial charge in [0.05, 0.1) is 6.04 Å². The van der Waals surface area contributed by atoms with Crippen LogP contribution >= 0.6 is 0 Å². The molecule has 5 heteroatoms. The molecule has 2 amide bonds. The molecule has 1 fully saturated rings. The summed E-state index contributed by atoms with van der Waals surface area (Å²) in [6, 6.07) is 15.0. The second-order valence-electron chi connectivity index (χ2n) is 6.73. The van der Waals surface area contributed by atoms with Crippen LogP contribution in [0.25, 0.3) is 0 Å². The molecule has 1 aliphatic carbocycles. The number of hydrogen-bond acceptors (Lipinski definition) is 3. The van der Waals surface area contributed by atoms with E-state index in [1.54, 1.807) is 0 Å². The van der Waals surface area contributed by atoms with Crippen molar-refractivity contribution in [1.29, 1.82) is 0 Å². The average Bonchev–Trinajstić information content (AvgIpc) is 3.47. The lowest BCUT2D eigenvalue weighted by Crippen LogP contribution is -2.31. The van der Waals surface area contributed by atoms with Crippen LogP contribution < -0.4 is 15.4 Å². The molecule has 3 rings (SSSR count). The van der Waals surface area contributed by atoms with Crippen LogP contribution in [0, 0.1) is 12.8 Å². The molecule has 2 aromatic rings. The minimum Gasteiger partial charge on any atom is -0.484 e. The molecule has 0 saturated heterocycles. The zero-order chi connectivity index (χ0) is 18.5. The molecular weight excluding hydrogens is 328 g/mol. The van der Waals surface area contributed by atoms with Crippen molar-refractivity contribution in [2.75, 3.05) is 11.9 Å². The smallest absolute Gasteiger partial charge is 0.258 e. The first-order chi connectivity index (χ1) is 12.5. The van der Waals surface area contributed by atoms with Crippen molar-refractivity contribution in [3.8, 4) is 5.75 Å². The van der Waals surface area contributed by atoms with Gasteiger partial charge in [-0.3, -0.25) is 9.59 Å². The van der Waals surface area contributed by atoms with E-state index in [-0.39, 0.29) is 30.4 Å². The number of benzene rings is 2. The minimum atomic E-state index is -0.174. The largest absolute Gasteiger partial charge is 0.484 e. The molecule has 26 heavy (non-hydrogen) atoms. The third-order valence-corrected chi connectivity index (χ3v) is 4.46. The molecule has 1 atom stereocenters. The lowest BCUT2D eigenvalue weighted by Gasteiger charge is -2.16. The molecule has 2 aromatic carbocycles. The Bertz CT molecular complexity index is 782. The average molecular weight is 352 g/mol. The summed E-state index contributed by atoms with van der Waals surface area (Å²) < 4.78 is 5.57. The van der Waals surface area contributed by atoms with Gasteiger partial charge in [0.25, 0.3) is 5.91 Å². The highest BCUT2D eigenvalue weighted by Crippen LogP contribution is 2.30. The molecule has 0 heterocycles. The van der Waals surface area contributed by atoms with E-state index in [4.69, 9.17) is 4.74 Å². The van der Waals surface area contributed by atoms with Crippen molar-refractivity contribution in [2.45, 2.75) is 32.7 Å². The fourth-order valence-corrected chi connectivity index (χ4v) is 2.67. The minimum absolute atomic E-state index is 0.0231. The summed E-state index contributed by atoms with van der Waals surface area (Å²) in [4.78, 5) is 23.9. The summed E-state index contributed by atoms with van der Waals surface area (Å²) in [6.45, 7) is 3.84. The molecule has 1 aliphatic rings. The van der Waals surface area contributed by atoms with Gasteiger partial charge >= 0.3 is 0 Å². The van der Waals surface area contributed by atoms with Gasteiger partial charge in [0, 0.05) is 11.6 Å². The molecular formula is C21H24N2O3. The second kappa shape index (κ2) is 8.04. The van der Waals surface area contributed by atoms with Crippen molar-refractivity contribution in [3.05, 3.63) is 59.7 Å². The fraction of sp³-hybridized carbons (Fsp3) is 0.333. The molecule has 0 bridgehead atoms. The molecule has 5 nitrogen and oxygen atoms in total. The predicted molar refractivity (Wildman–Crippen MR) is 101 cm³/mol. The number of carbonyl (C=O) groups is 2. The number of hydrogen-bond donors (Lipinski definition) is 2. The van der Waals surface area contributed by atoms with Gasteiger partial charge in [0.2, 0.25) is 5.91 Å². The van der Waals surface area contributed by atoms with Crippen LogP contribution in [0.1, 0.15) is 36.9 Å². The number of amides is 2. The van der Waals surface area contributed by atoms with E-state index in [1.807, 2.05) is 62.4 Å². The van der Waals surface area contributed by atoms with E-state index in [0.29, 0.717) is 5.75 Å². The molecule has 0 radical (unpaired) electrons. The van der Waals surface area contributed by atoms with Gasteiger partial charge in [-0.05, 0) is 56.0 Å². The molecule has 1 unspecified atom stereocenters. The van der Waals surface area contributed by atoms with Gasteiger partial charge in [0.1, 0.15) is 5.75 Å². The van der Waals surface area contributed by atoms with E-state index in [2.05, 4.69) is 10.6 Å². The number of ether oxygens (including phenoxy) is 1. The Morgan fingerprint density at radius 1 is 1.12 bits per heavy atom. The summed E-state index contributed by atoms with van der Waals surface area (Å²) >= 11 is 0. The van der Waals surface area contributed by atoms with Crippen LogP contribution in [0.4, 0.5) is 5.69 Å². The van der Waals surface area contributed by atoms with Crippen molar-refractivity contribution in [1.82, 2.24) is 5.32 Å². The van der Waals surface area contributed by atoms with Gasteiger partial charge in [-0.15, -0.1) is 0 Å². The highest BCUT2D eigenvalue weighted by Gasteiger charge is 2.29. The van der Waals surface area contributed by atoms with Crippen LogP contribution in [-0.2, 0) is 9.59 Å². The van der Waals surface area contributed by atoms with E-state index < -0.39 is 0 Å². The highest BCUT2D eigenvalue weighted by atomic mass is 16.5. The molecule has 1 saturated carbocycles. The second-order valence-corrected chi connectivity index (χ2v) is 6.73. The Balaban J connectivity index is 1.49. The fourth-order valence-electron chi connectivity index (χ4n) is 2.67. The van der Waals surface area contributed by atoms with Crippen molar-refractivity contribution >= 4 is 17.5 Å². The normalized spacial score (nSPS) is 14.4. The molecule has 2 N–H and O–H groups in total. The summed E-state index contributed by atoms with van der Waals surface area (Å²) in [6.07, 6.45) is 1.97. The Kier molecular flexibility index (Phi) is 5.56. The number of anilines is 1. The topological polar surface area (TPSA) is 67.4 Å². The first-order valence-corrected chi connectivity index (χ1v) is 8.91. The summed E-state index contributed by atoms with van der Waals surface area (Å²) in [5.41, 5.74) is 2.75. The summed E-state index contributed by atoms with van der Waals surface area (Å²) in [5, 5.41) is 5.83. The van der Waals surface area contributed by atoms with E-state index in [1.165, 1.54) is 0 Å². The highest BCUT2D eigenvalue weighted by molar-refractivity contribution is 5.94. The number of para-hydroxylation sites is 1. The monoisotopic (exact) mass is 352 g/mol. The zero-order valence-corrected chi connectivity index (χ0v) is 15.1. The molecule has 136 valence electrons. The molecule has 0 aliphatic heterocycles. The quantitative estimate of drug-likeness (QED) is 0.800. The van der Waals surface area contributed by atoms with Gasteiger partial charge in [-0.2, -0.15) is 0 Å².